The van der Waals surface area contributed by atoms with Gasteiger partial charge >= 0.3 is 5.91 Å². The third kappa shape index (κ3) is 1.60. The Morgan fingerprint density at radius 1 is 1.27 bits per heavy atom. The maximum Gasteiger partial charge on any atom is 0.307 e. The van der Waals surface area contributed by atoms with Crippen LogP contribution in [0.3, 0.4) is 0 Å². The summed E-state index contributed by atoms with van der Waals surface area (Å²) in [6.45, 7) is 0. The van der Waals surface area contributed by atoms with Gasteiger partial charge in [-0.2, -0.15) is 0 Å². The molecule has 0 atom stereocenters. The maximum atomic E-state index is 11.4. The summed E-state index contributed by atoms with van der Waals surface area (Å²) in [6.07, 6.45) is 0. The summed E-state index contributed by atoms with van der Waals surface area (Å²) in [4.78, 5) is 25.3. The molecule has 0 bridgehead atoms. The second-order valence-corrected chi connectivity index (χ2v) is 3.07. The normalized spacial score (nSPS) is 10.2. The Balaban J connectivity index is 2.45. The van der Waals surface area contributed by atoms with Crippen molar-refractivity contribution in [1.29, 1.82) is 0 Å². The molecule has 2 aromatic rings. The van der Waals surface area contributed by atoms with E-state index in [4.69, 9.17) is 5.84 Å². The van der Waals surface area contributed by atoms with Crippen molar-refractivity contribution in [3.63, 3.8) is 0 Å². The Labute approximate surface area is 85.2 Å². The zero-order chi connectivity index (χ0) is 10.8. The molecule has 0 aliphatic rings. The van der Waals surface area contributed by atoms with E-state index < -0.39 is 11.7 Å². The highest BCUT2D eigenvalue weighted by Crippen LogP contribution is 2.14. The van der Waals surface area contributed by atoms with Crippen LogP contribution in [0, 0.1) is 0 Å². The average molecular weight is 203 g/mol. The molecular weight excluding hydrogens is 194 g/mol. The van der Waals surface area contributed by atoms with Crippen molar-refractivity contribution >= 4 is 22.6 Å². The summed E-state index contributed by atoms with van der Waals surface area (Å²) in [5.41, 5.74) is 2.85. The molecule has 0 saturated carbocycles. The van der Waals surface area contributed by atoms with E-state index in [1.54, 1.807) is 11.5 Å². The van der Waals surface area contributed by atoms with Crippen LogP contribution < -0.4 is 11.3 Å². The largest absolute Gasteiger partial charge is 0.352 e. The van der Waals surface area contributed by atoms with Gasteiger partial charge in [0.25, 0.3) is 5.78 Å². The molecule has 4 N–H and O–H groups in total. The van der Waals surface area contributed by atoms with E-state index in [9.17, 15) is 9.59 Å². The highest BCUT2D eigenvalue weighted by Gasteiger charge is 2.16. The number of nitrogens with one attached hydrogen (secondary N) is 2. The number of aromatic amines is 1. The van der Waals surface area contributed by atoms with Crippen LogP contribution in [0.2, 0.25) is 0 Å². The number of nitrogens with two attached hydrogens (primary N) is 1. The van der Waals surface area contributed by atoms with Crippen molar-refractivity contribution in [2.24, 2.45) is 5.84 Å². The van der Waals surface area contributed by atoms with Crippen molar-refractivity contribution in [2.45, 2.75) is 0 Å². The van der Waals surface area contributed by atoms with Gasteiger partial charge in [-0.25, -0.2) is 5.84 Å². The van der Waals surface area contributed by atoms with Gasteiger partial charge in [0.2, 0.25) is 0 Å². The van der Waals surface area contributed by atoms with E-state index in [0.29, 0.717) is 0 Å². The number of amides is 1. The van der Waals surface area contributed by atoms with E-state index in [1.807, 2.05) is 24.3 Å². The van der Waals surface area contributed by atoms with Gasteiger partial charge in [0.1, 0.15) is 0 Å². The van der Waals surface area contributed by atoms with Crippen molar-refractivity contribution < 1.29 is 9.59 Å². The van der Waals surface area contributed by atoms with Crippen LogP contribution >= 0.6 is 0 Å². The molecule has 15 heavy (non-hydrogen) atoms. The first-order chi connectivity index (χ1) is 7.22. The molecule has 0 spiro atoms. The monoisotopic (exact) mass is 203 g/mol. The Bertz CT molecular complexity index is 497. The molecule has 0 unspecified atom stereocenters. The molecule has 0 fully saturated rings. The maximum absolute atomic E-state index is 11.4. The lowest BCUT2D eigenvalue weighted by molar-refractivity contribution is -0.117. The van der Waals surface area contributed by atoms with Crippen molar-refractivity contribution in [3.8, 4) is 0 Å². The molecule has 0 aliphatic carbocycles. The summed E-state index contributed by atoms with van der Waals surface area (Å²) >= 11 is 0. The number of Topliss-reactive ketones (excluding diaryl/α,β-unsaturated/α-hetero) is 1. The van der Waals surface area contributed by atoms with Gasteiger partial charge in [-0.05, 0) is 12.1 Å². The lowest BCUT2D eigenvalue weighted by atomic mass is 10.2. The fraction of sp³-hybridized carbons (Fsp3) is 0. The standard InChI is InChI=1S/C10H9N3O2/c11-13-10(15)9(14)8-5-6-3-1-2-4-7(6)12-8/h1-5,12H,11H2,(H,13,15). The number of hydrogen-bond donors (Lipinski definition) is 3. The topological polar surface area (TPSA) is 88.0 Å². The summed E-state index contributed by atoms with van der Waals surface area (Å²) in [7, 11) is 0. The first kappa shape index (κ1) is 9.42. The fourth-order valence-electron chi connectivity index (χ4n) is 1.38. The molecule has 1 aromatic heterocycles. The molecule has 0 radical (unpaired) electrons. The number of hydrazine groups is 1. The zero-order valence-electron chi connectivity index (χ0n) is 7.78. The Morgan fingerprint density at radius 3 is 2.67 bits per heavy atom. The zero-order valence-corrected chi connectivity index (χ0v) is 7.78. The Kier molecular flexibility index (Phi) is 2.23. The highest BCUT2D eigenvalue weighted by atomic mass is 16.2. The fourth-order valence-corrected chi connectivity index (χ4v) is 1.38. The van der Waals surface area contributed by atoms with Crippen LogP contribution in [0.4, 0.5) is 0 Å². The highest BCUT2D eigenvalue weighted by molar-refractivity contribution is 6.42. The lowest BCUT2D eigenvalue weighted by Crippen LogP contribution is -2.36. The van der Waals surface area contributed by atoms with Crippen LogP contribution in [0.5, 0.6) is 0 Å². The minimum atomic E-state index is -0.832. The third-order valence-corrected chi connectivity index (χ3v) is 2.11. The summed E-state index contributed by atoms with van der Waals surface area (Å²) in [6, 6.07) is 8.99. The molecule has 5 heteroatoms. The smallest absolute Gasteiger partial charge is 0.307 e. The SMILES string of the molecule is NNC(=O)C(=O)c1cc2ccccc2[nH]1. The second kappa shape index (κ2) is 3.55. The van der Waals surface area contributed by atoms with Crippen LogP contribution in [0.1, 0.15) is 10.5 Å². The summed E-state index contributed by atoms with van der Waals surface area (Å²) < 4.78 is 0. The van der Waals surface area contributed by atoms with Crippen LogP contribution in [0.15, 0.2) is 30.3 Å². The first-order valence-electron chi connectivity index (χ1n) is 4.35. The number of aromatic nitrogens is 1. The van der Waals surface area contributed by atoms with Gasteiger partial charge in [-0.3, -0.25) is 15.0 Å². The molecule has 1 amide bonds. The molecule has 0 aliphatic heterocycles. The van der Waals surface area contributed by atoms with E-state index >= 15 is 0 Å². The van der Waals surface area contributed by atoms with Gasteiger partial charge < -0.3 is 4.98 Å². The number of ketones is 1. The molecule has 76 valence electrons. The predicted octanol–water partition coefficient (Wildman–Crippen LogP) is 0.340. The Morgan fingerprint density at radius 2 is 2.00 bits per heavy atom. The Hall–Kier alpha value is -2.14. The number of carbonyl (C=O) groups is 2. The van der Waals surface area contributed by atoms with Crippen LogP contribution in [-0.4, -0.2) is 16.7 Å². The second-order valence-electron chi connectivity index (χ2n) is 3.07. The molecule has 1 aromatic carbocycles. The molecule has 1 heterocycles. The number of benzene rings is 1. The average Bonchev–Trinajstić information content (AvgIpc) is 2.70. The van der Waals surface area contributed by atoms with Crippen molar-refractivity contribution in [2.75, 3.05) is 0 Å². The number of hydrogen-bond acceptors (Lipinski definition) is 3. The van der Waals surface area contributed by atoms with Gasteiger partial charge in [0.15, 0.2) is 0 Å². The number of carbonyl (C=O) groups excluding carboxylic acids is 2. The van der Waals surface area contributed by atoms with E-state index in [0.717, 1.165) is 10.9 Å². The third-order valence-electron chi connectivity index (χ3n) is 2.11. The van der Waals surface area contributed by atoms with E-state index in [1.165, 1.54) is 0 Å². The first-order valence-corrected chi connectivity index (χ1v) is 4.35. The number of rotatable bonds is 2. The van der Waals surface area contributed by atoms with Crippen LogP contribution in [-0.2, 0) is 4.79 Å². The minimum Gasteiger partial charge on any atom is -0.352 e. The molecule has 5 nitrogen and oxygen atoms in total. The lowest BCUT2D eigenvalue weighted by Gasteiger charge is -1.94. The summed E-state index contributed by atoms with van der Waals surface area (Å²) in [5.74, 6) is 3.37. The summed E-state index contributed by atoms with van der Waals surface area (Å²) in [5, 5.41) is 0.880. The number of H-pyrrole nitrogens is 1. The predicted molar refractivity (Wildman–Crippen MR) is 55.0 cm³/mol. The van der Waals surface area contributed by atoms with Gasteiger partial charge in [0.05, 0.1) is 5.69 Å². The molecule has 0 saturated heterocycles. The number of fused-ring (bicyclic) bond motifs is 1. The molecule has 2 rings (SSSR count). The quantitative estimate of drug-likeness (QED) is 0.216. The van der Waals surface area contributed by atoms with Crippen LogP contribution in [0.25, 0.3) is 10.9 Å². The minimum absolute atomic E-state index is 0.235. The van der Waals surface area contributed by atoms with Gasteiger partial charge in [-0.15, -0.1) is 0 Å². The molecular formula is C10H9N3O2. The van der Waals surface area contributed by atoms with Crippen molar-refractivity contribution in [3.05, 3.63) is 36.0 Å². The van der Waals surface area contributed by atoms with Crippen molar-refractivity contribution in [1.82, 2.24) is 10.4 Å². The number of para-hydroxylation sites is 1. The van der Waals surface area contributed by atoms with Gasteiger partial charge in [0, 0.05) is 10.9 Å². The van der Waals surface area contributed by atoms with Gasteiger partial charge in [-0.1, -0.05) is 18.2 Å². The van der Waals surface area contributed by atoms with E-state index in [2.05, 4.69) is 4.98 Å². The van der Waals surface area contributed by atoms with E-state index in [-0.39, 0.29) is 5.69 Å².